The quantitative estimate of drug-likeness (QED) is 0.340. The zero-order chi connectivity index (χ0) is 28.9. The number of carboxylic acid groups (broad SMARTS) is 1. The maximum absolute atomic E-state index is 14.9. The number of aryl methyl sites for hydroxylation is 1. The van der Waals surface area contributed by atoms with Gasteiger partial charge in [-0.05, 0) is 64.9 Å². The standard InChI is InChI=1S/C30H25F4NO6/c1-14-6-16(40-5-4-28(38)12-39-13-28)2-3-17(14)18-7-15(22(31)9-21(18)30(32,33)34)11-41-23-8-19-20(10-35-23)25-26-24(19)29(25,26)27(36)37/h2-3,6-10,24-26,38H,4-5,11-13H2,1H3,(H,36,37). The second-order valence-corrected chi connectivity index (χ2v) is 11.4. The summed E-state index contributed by atoms with van der Waals surface area (Å²) in [6, 6.07) is 7.91. The summed E-state index contributed by atoms with van der Waals surface area (Å²) in [7, 11) is 0. The number of hydrogen-bond donors (Lipinski definition) is 2. The number of alkyl halides is 3. The maximum Gasteiger partial charge on any atom is 0.417 e. The zero-order valence-electron chi connectivity index (χ0n) is 21.8. The molecule has 4 aliphatic carbocycles. The molecule has 214 valence electrons. The van der Waals surface area contributed by atoms with Gasteiger partial charge in [-0.2, -0.15) is 13.2 Å². The average molecular weight is 572 g/mol. The van der Waals surface area contributed by atoms with Crippen LogP contribution >= 0.6 is 0 Å². The van der Waals surface area contributed by atoms with Crippen molar-refractivity contribution < 1.29 is 46.8 Å². The van der Waals surface area contributed by atoms with Gasteiger partial charge in [0.2, 0.25) is 5.88 Å². The third-order valence-corrected chi connectivity index (χ3v) is 9.00. The van der Waals surface area contributed by atoms with Crippen molar-refractivity contribution in [2.45, 2.75) is 43.6 Å². The first kappa shape index (κ1) is 26.2. The van der Waals surface area contributed by atoms with Crippen molar-refractivity contribution in [3.8, 4) is 22.8 Å². The van der Waals surface area contributed by atoms with E-state index >= 15 is 0 Å². The number of carbonyl (C=O) groups is 1. The molecule has 5 aliphatic rings. The minimum absolute atomic E-state index is 0.0137. The molecule has 1 aromatic heterocycles. The van der Waals surface area contributed by atoms with Crippen LogP contribution in [0.3, 0.4) is 0 Å². The number of aliphatic carboxylic acids is 1. The topological polar surface area (TPSA) is 98.1 Å². The SMILES string of the molecule is Cc1cc(OCCC2(O)COC2)ccc1-c1cc(COc2cc3c(cn2)C2C4C3C24C(=O)O)c(F)cc1C(F)(F)F. The summed E-state index contributed by atoms with van der Waals surface area (Å²) in [5.74, 6) is -1.26. The lowest BCUT2D eigenvalue weighted by molar-refractivity contribution is -0.184. The van der Waals surface area contributed by atoms with Crippen LogP contribution in [0.1, 0.15) is 46.1 Å². The van der Waals surface area contributed by atoms with Crippen molar-refractivity contribution in [1.29, 1.82) is 0 Å². The highest BCUT2D eigenvalue weighted by Crippen LogP contribution is 2.96. The van der Waals surface area contributed by atoms with E-state index in [-0.39, 0.29) is 66.8 Å². The molecule has 0 amide bonds. The molecule has 4 atom stereocenters. The minimum atomic E-state index is -4.80. The van der Waals surface area contributed by atoms with E-state index in [1.165, 1.54) is 12.1 Å². The number of hydrogen-bond acceptors (Lipinski definition) is 6. The molecule has 3 fully saturated rings. The molecule has 2 heterocycles. The summed E-state index contributed by atoms with van der Waals surface area (Å²) in [4.78, 5) is 15.9. The predicted octanol–water partition coefficient (Wildman–Crippen LogP) is 5.22. The van der Waals surface area contributed by atoms with Crippen LogP contribution in [0.15, 0.2) is 42.6 Å². The molecule has 4 unspecified atom stereocenters. The highest BCUT2D eigenvalue weighted by Gasteiger charge is 2.95. The molecule has 3 aromatic rings. The van der Waals surface area contributed by atoms with E-state index in [9.17, 15) is 32.6 Å². The lowest BCUT2D eigenvalue weighted by atomic mass is 9.93. The lowest BCUT2D eigenvalue weighted by Gasteiger charge is -2.36. The van der Waals surface area contributed by atoms with Crippen molar-refractivity contribution in [1.82, 2.24) is 4.98 Å². The molecule has 2 saturated carbocycles. The molecule has 2 N–H and O–H groups in total. The van der Waals surface area contributed by atoms with E-state index < -0.39 is 34.5 Å². The van der Waals surface area contributed by atoms with Gasteiger partial charge in [0.1, 0.15) is 23.8 Å². The smallest absolute Gasteiger partial charge is 0.417 e. The molecular weight excluding hydrogens is 546 g/mol. The molecule has 2 aromatic carbocycles. The Hall–Kier alpha value is -3.70. The Bertz CT molecular complexity index is 1600. The van der Waals surface area contributed by atoms with Gasteiger partial charge in [0, 0.05) is 36.1 Å². The fourth-order valence-electron chi connectivity index (χ4n) is 6.72. The average Bonchev–Trinajstić information content (AvgIpc) is 3.69. The molecular formula is C30H25F4NO6. The lowest BCUT2D eigenvalue weighted by Crippen LogP contribution is -2.50. The van der Waals surface area contributed by atoms with E-state index in [1.54, 1.807) is 25.3 Å². The van der Waals surface area contributed by atoms with Crippen LogP contribution < -0.4 is 9.47 Å². The summed E-state index contributed by atoms with van der Waals surface area (Å²) < 4.78 is 73.2. The molecule has 0 spiro atoms. The van der Waals surface area contributed by atoms with E-state index in [1.807, 2.05) is 0 Å². The Balaban J connectivity index is 1.11. The fraction of sp³-hybridized carbons (Fsp3) is 0.400. The van der Waals surface area contributed by atoms with Gasteiger partial charge in [-0.3, -0.25) is 4.79 Å². The molecule has 0 radical (unpaired) electrons. The Labute approximate surface area is 231 Å². The molecule has 2 bridgehead atoms. The van der Waals surface area contributed by atoms with E-state index in [0.717, 1.165) is 17.2 Å². The number of carboxylic acids is 1. The van der Waals surface area contributed by atoms with Crippen LogP contribution in [-0.2, 0) is 22.3 Å². The summed E-state index contributed by atoms with van der Waals surface area (Å²) in [5, 5.41) is 19.7. The maximum atomic E-state index is 14.9. The fourth-order valence-corrected chi connectivity index (χ4v) is 6.72. The first-order valence-electron chi connectivity index (χ1n) is 13.2. The minimum Gasteiger partial charge on any atom is -0.493 e. The number of rotatable bonds is 9. The second-order valence-electron chi connectivity index (χ2n) is 11.4. The summed E-state index contributed by atoms with van der Waals surface area (Å²) >= 11 is 0. The van der Waals surface area contributed by atoms with E-state index in [2.05, 4.69) is 4.98 Å². The highest BCUT2D eigenvalue weighted by atomic mass is 19.4. The Morgan fingerprint density at radius 1 is 1.10 bits per heavy atom. The summed E-state index contributed by atoms with van der Waals surface area (Å²) in [5.41, 5.74) is -0.494. The van der Waals surface area contributed by atoms with E-state index in [0.29, 0.717) is 23.8 Å². The van der Waals surface area contributed by atoms with Crippen molar-refractivity contribution in [3.05, 3.63) is 76.2 Å². The van der Waals surface area contributed by atoms with Crippen LogP contribution in [0.25, 0.3) is 11.1 Å². The van der Waals surface area contributed by atoms with Gasteiger partial charge in [-0.15, -0.1) is 0 Å². The Kier molecular flexibility index (Phi) is 5.53. The number of nitrogens with zero attached hydrogens (tertiary/aromatic N) is 1. The van der Waals surface area contributed by atoms with Gasteiger partial charge in [-0.25, -0.2) is 9.37 Å². The van der Waals surface area contributed by atoms with Crippen LogP contribution in [0.4, 0.5) is 17.6 Å². The number of aliphatic hydroxyl groups is 1. The summed E-state index contributed by atoms with van der Waals surface area (Å²) in [6.45, 7) is 1.96. The largest absolute Gasteiger partial charge is 0.493 e. The second kappa shape index (κ2) is 8.65. The van der Waals surface area contributed by atoms with Gasteiger partial charge in [0.05, 0.1) is 30.8 Å². The number of benzene rings is 2. The normalized spacial score (nSPS) is 26.0. The number of halogens is 4. The van der Waals surface area contributed by atoms with Gasteiger partial charge >= 0.3 is 12.1 Å². The van der Waals surface area contributed by atoms with Crippen molar-refractivity contribution in [3.63, 3.8) is 0 Å². The molecule has 41 heavy (non-hydrogen) atoms. The van der Waals surface area contributed by atoms with Crippen molar-refractivity contribution >= 4 is 5.97 Å². The monoisotopic (exact) mass is 571 g/mol. The van der Waals surface area contributed by atoms with Crippen LogP contribution in [0.5, 0.6) is 11.6 Å². The molecule has 1 saturated heterocycles. The van der Waals surface area contributed by atoms with Gasteiger partial charge in [0.25, 0.3) is 0 Å². The first-order chi connectivity index (χ1) is 19.4. The summed E-state index contributed by atoms with van der Waals surface area (Å²) in [6.07, 6.45) is -2.86. The third kappa shape index (κ3) is 3.93. The first-order valence-corrected chi connectivity index (χ1v) is 13.2. The zero-order valence-corrected chi connectivity index (χ0v) is 21.8. The highest BCUT2D eigenvalue weighted by molar-refractivity contribution is 5.93. The van der Waals surface area contributed by atoms with Crippen molar-refractivity contribution in [2.75, 3.05) is 19.8 Å². The Morgan fingerprint density at radius 2 is 1.85 bits per heavy atom. The van der Waals surface area contributed by atoms with Crippen LogP contribution in [0.2, 0.25) is 0 Å². The molecule has 7 nitrogen and oxygen atoms in total. The Morgan fingerprint density at radius 3 is 2.49 bits per heavy atom. The third-order valence-electron chi connectivity index (χ3n) is 9.00. The number of ether oxygens (including phenoxy) is 3. The predicted molar refractivity (Wildman–Crippen MR) is 135 cm³/mol. The van der Waals surface area contributed by atoms with Crippen LogP contribution in [0, 0.1) is 24.1 Å². The molecule has 11 heteroatoms. The van der Waals surface area contributed by atoms with Gasteiger partial charge < -0.3 is 24.4 Å². The molecule has 8 rings (SSSR count). The van der Waals surface area contributed by atoms with E-state index in [4.69, 9.17) is 14.2 Å². The number of pyridine rings is 1. The van der Waals surface area contributed by atoms with Gasteiger partial charge in [0.15, 0.2) is 0 Å². The number of aromatic nitrogens is 1. The van der Waals surface area contributed by atoms with Gasteiger partial charge in [-0.1, -0.05) is 6.07 Å². The van der Waals surface area contributed by atoms with Crippen LogP contribution in [-0.4, -0.2) is 46.6 Å². The molecule has 1 aliphatic heterocycles. The van der Waals surface area contributed by atoms with Crippen molar-refractivity contribution in [2.24, 2.45) is 11.3 Å².